The summed E-state index contributed by atoms with van der Waals surface area (Å²) in [5.41, 5.74) is 0.836. The summed E-state index contributed by atoms with van der Waals surface area (Å²) in [7, 11) is 1.56. The Hall–Kier alpha value is -1.78. The van der Waals surface area contributed by atoms with Crippen molar-refractivity contribution in [2.24, 2.45) is 0 Å². The first-order valence-corrected chi connectivity index (χ1v) is 5.93. The third-order valence-corrected chi connectivity index (χ3v) is 3.40. The topological polar surface area (TPSA) is 49.8 Å². The molecule has 0 aliphatic carbocycles. The highest BCUT2D eigenvalue weighted by Gasteiger charge is 2.25. The van der Waals surface area contributed by atoms with E-state index in [0.29, 0.717) is 31.7 Å². The number of piperidine rings is 1. The number of methoxy groups -OCH3 is 1. The van der Waals surface area contributed by atoms with E-state index in [-0.39, 0.29) is 11.7 Å². The second-order valence-corrected chi connectivity index (χ2v) is 4.43. The number of carboxylic acid groups (broad SMARTS) is 1. The van der Waals surface area contributed by atoms with Gasteiger partial charge in [0.2, 0.25) is 0 Å². The van der Waals surface area contributed by atoms with Gasteiger partial charge in [0, 0.05) is 18.7 Å². The SMILES string of the molecule is COc1ccc(F)cc1C1CCN(C(=O)O)CC1. The number of hydrogen-bond acceptors (Lipinski definition) is 2. The van der Waals surface area contributed by atoms with Crippen molar-refractivity contribution < 1.29 is 19.0 Å². The van der Waals surface area contributed by atoms with E-state index in [0.717, 1.165) is 5.56 Å². The second-order valence-electron chi connectivity index (χ2n) is 4.43. The predicted octanol–water partition coefficient (Wildman–Crippen LogP) is 2.69. The molecule has 1 aliphatic heterocycles. The molecule has 98 valence electrons. The van der Waals surface area contributed by atoms with E-state index in [4.69, 9.17) is 9.84 Å². The number of halogens is 1. The number of amides is 1. The van der Waals surface area contributed by atoms with Gasteiger partial charge in [-0.3, -0.25) is 0 Å². The molecule has 0 bridgehead atoms. The Bertz CT molecular complexity index is 442. The minimum atomic E-state index is -0.889. The summed E-state index contributed by atoms with van der Waals surface area (Å²) in [5.74, 6) is 0.544. The highest BCUT2D eigenvalue weighted by atomic mass is 19.1. The molecule has 1 fully saturated rings. The van der Waals surface area contributed by atoms with Crippen molar-refractivity contribution in [1.82, 2.24) is 4.90 Å². The average Bonchev–Trinajstić information content (AvgIpc) is 2.39. The minimum Gasteiger partial charge on any atom is -0.496 e. The van der Waals surface area contributed by atoms with Gasteiger partial charge in [-0.15, -0.1) is 0 Å². The second kappa shape index (κ2) is 5.25. The summed E-state index contributed by atoms with van der Waals surface area (Å²) in [6, 6.07) is 4.48. The lowest BCUT2D eigenvalue weighted by atomic mass is 9.89. The number of carbonyl (C=O) groups is 1. The Morgan fingerprint density at radius 2 is 2.11 bits per heavy atom. The minimum absolute atomic E-state index is 0.159. The molecule has 1 aromatic rings. The lowest BCUT2D eigenvalue weighted by molar-refractivity contribution is 0.132. The van der Waals surface area contributed by atoms with E-state index in [9.17, 15) is 9.18 Å². The predicted molar refractivity (Wildman–Crippen MR) is 64.5 cm³/mol. The summed E-state index contributed by atoms with van der Waals surface area (Å²) < 4.78 is 18.5. The van der Waals surface area contributed by atoms with E-state index in [2.05, 4.69) is 0 Å². The maximum Gasteiger partial charge on any atom is 0.407 e. The smallest absolute Gasteiger partial charge is 0.407 e. The van der Waals surface area contributed by atoms with E-state index in [1.807, 2.05) is 0 Å². The highest BCUT2D eigenvalue weighted by Crippen LogP contribution is 2.34. The van der Waals surface area contributed by atoms with Crippen LogP contribution in [0.3, 0.4) is 0 Å². The molecule has 0 unspecified atom stereocenters. The van der Waals surface area contributed by atoms with Gasteiger partial charge in [0.05, 0.1) is 7.11 Å². The van der Waals surface area contributed by atoms with Gasteiger partial charge in [0.1, 0.15) is 11.6 Å². The maximum atomic E-state index is 13.3. The Labute approximate surface area is 105 Å². The lowest BCUT2D eigenvalue weighted by Crippen LogP contribution is -2.36. The van der Waals surface area contributed by atoms with Crippen LogP contribution in [-0.2, 0) is 0 Å². The Morgan fingerprint density at radius 3 is 2.67 bits per heavy atom. The van der Waals surface area contributed by atoms with Gasteiger partial charge in [0.25, 0.3) is 0 Å². The number of likely N-dealkylation sites (tertiary alicyclic amines) is 1. The molecule has 0 aromatic heterocycles. The van der Waals surface area contributed by atoms with Gasteiger partial charge in [0.15, 0.2) is 0 Å². The van der Waals surface area contributed by atoms with Crippen molar-refractivity contribution in [2.75, 3.05) is 20.2 Å². The fourth-order valence-corrected chi connectivity index (χ4v) is 2.41. The zero-order valence-electron chi connectivity index (χ0n) is 10.2. The number of rotatable bonds is 2. The summed E-state index contributed by atoms with van der Waals surface area (Å²) >= 11 is 0. The van der Waals surface area contributed by atoms with Crippen molar-refractivity contribution in [1.29, 1.82) is 0 Å². The van der Waals surface area contributed by atoms with Gasteiger partial charge >= 0.3 is 6.09 Å². The molecule has 1 heterocycles. The number of benzene rings is 1. The van der Waals surface area contributed by atoms with Gasteiger partial charge in [-0.1, -0.05) is 0 Å². The van der Waals surface area contributed by atoms with Crippen LogP contribution in [0.2, 0.25) is 0 Å². The number of ether oxygens (including phenoxy) is 1. The standard InChI is InChI=1S/C13H16FNO3/c1-18-12-3-2-10(14)8-11(12)9-4-6-15(7-5-9)13(16)17/h2-3,8-9H,4-7H2,1H3,(H,16,17). The number of hydrogen-bond donors (Lipinski definition) is 1. The molecule has 4 nitrogen and oxygen atoms in total. The van der Waals surface area contributed by atoms with E-state index >= 15 is 0 Å². The monoisotopic (exact) mass is 253 g/mol. The molecule has 18 heavy (non-hydrogen) atoms. The van der Waals surface area contributed by atoms with Crippen LogP contribution in [0.25, 0.3) is 0 Å². The van der Waals surface area contributed by atoms with Crippen molar-refractivity contribution in [2.45, 2.75) is 18.8 Å². The van der Waals surface area contributed by atoms with Crippen LogP contribution in [0.1, 0.15) is 24.3 Å². The molecule has 1 aliphatic rings. The molecule has 0 saturated carbocycles. The average molecular weight is 253 g/mol. The molecule has 1 amide bonds. The van der Waals surface area contributed by atoms with Crippen molar-refractivity contribution >= 4 is 6.09 Å². The summed E-state index contributed by atoms with van der Waals surface area (Å²) in [5, 5.41) is 8.88. The zero-order valence-corrected chi connectivity index (χ0v) is 10.2. The Morgan fingerprint density at radius 1 is 1.44 bits per heavy atom. The molecular formula is C13H16FNO3. The molecule has 0 atom stereocenters. The molecule has 0 radical (unpaired) electrons. The molecular weight excluding hydrogens is 237 g/mol. The fraction of sp³-hybridized carbons (Fsp3) is 0.462. The van der Waals surface area contributed by atoms with Crippen LogP contribution in [-0.4, -0.2) is 36.3 Å². The van der Waals surface area contributed by atoms with Gasteiger partial charge in [-0.2, -0.15) is 0 Å². The maximum absolute atomic E-state index is 13.3. The van der Waals surface area contributed by atoms with E-state index < -0.39 is 6.09 Å². The van der Waals surface area contributed by atoms with Gasteiger partial charge < -0.3 is 14.7 Å². The first kappa shape index (κ1) is 12.7. The van der Waals surface area contributed by atoms with Gasteiger partial charge in [-0.05, 0) is 37.0 Å². The molecule has 2 rings (SSSR count). The Balaban J connectivity index is 2.14. The zero-order chi connectivity index (χ0) is 13.1. The molecule has 1 N–H and O–H groups in total. The summed E-state index contributed by atoms with van der Waals surface area (Å²) in [6.07, 6.45) is 0.512. The fourth-order valence-electron chi connectivity index (χ4n) is 2.41. The molecule has 5 heteroatoms. The lowest BCUT2D eigenvalue weighted by Gasteiger charge is -2.30. The first-order chi connectivity index (χ1) is 8.61. The number of nitrogens with zero attached hydrogens (tertiary/aromatic N) is 1. The van der Waals surface area contributed by atoms with Crippen LogP contribution >= 0.6 is 0 Å². The van der Waals surface area contributed by atoms with Crippen LogP contribution in [0.5, 0.6) is 5.75 Å². The summed E-state index contributed by atoms with van der Waals surface area (Å²) in [4.78, 5) is 12.2. The van der Waals surface area contributed by atoms with Crippen molar-refractivity contribution in [3.8, 4) is 5.75 Å². The first-order valence-electron chi connectivity index (χ1n) is 5.93. The quantitative estimate of drug-likeness (QED) is 0.881. The van der Waals surface area contributed by atoms with E-state index in [1.54, 1.807) is 13.2 Å². The summed E-state index contributed by atoms with van der Waals surface area (Å²) in [6.45, 7) is 0.972. The third-order valence-electron chi connectivity index (χ3n) is 3.40. The van der Waals surface area contributed by atoms with Crippen molar-refractivity contribution in [3.63, 3.8) is 0 Å². The normalized spacial score (nSPS) is 16.7. The molecule has 1 aromatic carbocycles. The molecule has 1 saturated heterocycles. The Kier molecular flexibility index (Phi) is 3.69. The highest BCUT2D eigenvalue weighted by molar-refractivity contribution is 5.65. The van der Waals surface area contributed by atoms with Crippen LogP contribution < -0.4 is 4.74 Å². The molecule has 0 spiro atoms. The van der Waals surface area contributed by atoms with Crippen LogP contribution in [0.15, 0.2) is 18.2 Å². The third kappa shape index (κ3) is 2.55. The van der Waals surface area contributed by atoms with Gasteiger partial charge in [-0.25, -0.2) is 9.18 Å². The largest absolute Gasteiger partial charge is 0.496 e. The van der Waals surface area contributed by atoms with E-state index in [1.165, 1.54) is 17.0 Å². The van der Waals surface area contributed by atoms with Crippen LogP contribution in [0, 0.1) is 5.82 Å². The van der Waals surface area contributed by atoms with Crippen molar-refractivity contribution in [3.05, 3.63) is 29.6 Å². The van der Waals surface area contributed by atoms with Crippen LogP contribution in [0.4, 0.5) is 9.18 Å².